The lowest BCUT2D eigenvalue weighted by molar-refractivity contribution is -0.126. The van der Waals surface area contributed by atoms with Crippen molar-refractivity contribution in [3.8, 4) is 130 Å². The molecular formula is C64H84N2O5. The number of hydrogen-bond donors (Lipinski definition) is 2. The molecule has 2 N–H and O–H groups in total. The lowest BCUT2D eigenvalue weighted by atomic mass is 9.85. The third kappa shape index (κ3) is 72.3. The van der Waals surface area contributed by atoms with Crippen molar-refractivity contribution < 1.29 is 24.0 Å². The van der Waals surface area contributed by atoms with E-state index in [0.29, 0.717) is 63.8 Å². The van der Waals surface area contributed by atoms with Crippen LogP contribution in [0.5, 0.6) is 0 Å². The van der Waals surface area contributed by atoms with Crippen LogP contribution in [0.15, 0.2) is 0 Å². The van der Waals surface area contributed by atoms with Crippen LogP contribution in [-0.4, -0.2) is 42.3 Å². The molecule has 71 heavy (non-hydrogen) atoms. The van der Waals surface area contributed by atoms with Crippen LogP contribution < -0.4 is 10.6 Å². The summed E-state index contributed by atoms with van der Waals surface area (Å²) in [5.41, 5.74) is 0.636. The van der Waals surface area contributed by atoms with Gasteiger partial charge < -0.3 is 10.6 Å². The third-order valence-electron chi connectivity index (χ3n) is 7.67. The topological polar surface area (TPSA) is 109 Å². The first kappa shape index (κ1) is 70.7. The van der Waals surface area contributed by atoms with Gasteiger partial charge in [-0.1, -0.05) is 136 Å². The predicted octanol–water partition coefficient (Wildman–Crippen LogP) is 10.7. The largest absolute Gasteiger partial charge is 0.356 e. The van der Waals surface area contributed by atoms with Crippen LogP contribution in [0.2, 0.25) is 0 Å². The molecule has 0 aromatic rings. The summed E-state index contributed by atoms with van der Waals surface area (Å²) >= 11 is 0. The summed E-state index contributed by atoms with van der Waals surface area (Å²) < 4.78 is 0. The lowest BCUT2D eigenvalue weighted by Gasteiger charge is -2.20. The molecule has 0 rings (SSSR count). The molecule has 0 fully saturated rings. The van der Waals surface area contributed by atoms with E-state index >= 15 is 0 Å². The maximum absolute atomic E-state index is 11.6. The van der Waals surface area contributed by atoms with Crippen molar-refractivity contribution in [3.05, 3.63) is 0 Å². The third-order valence-corrected chi connectivity index (χ3v) is 7.67. The molecule has 0 bridgehead atoms. The molecule has 0 saturated heterocycles. The Morgan fingerprint density at radius 1 is 0.282 bits per heavy atom. The number of carbonyl (C=O) groups is 5. The molecule has 7 heteroatoms. The van der Waals surface area contributed by atoms with Crippen LogP contribution in [0.4, 0.5) is 0 Å². The highest BCUT2D eigenvalue weighted by atomic mass is 16.2. The van der Waals surface area contributed by atoms with Gasteiger partial charge in [0.2, 0.25) is 11.8 Å². The Morgan fingerprint density at radius 2 is 0.493 bits per heavy atom. The summed E-state index contributed by atoms with van der Waals surface area (Å²) in [6, 6.07) is 0. The Bertz CT molecular complexity index is 2310. The van der Waals surface area contributed by atoms with Crippen LogP contribution in [0.25, 0.3) is 0 Å². The Labute approximate surface area is 434 Å². The Hall–Kier alpha value is -6.89. The van der Waals surface area contributed by atoms with Crippen LogP contribution in [0.1, 0.15) is 196 Å². The van der Waals surface area contributed by atoms with E-state index in [-0.39, 0.29) is 55.9 Å². The zero-order chi connectivity index (χ0) is 55.6. The monoisotopic (exact) mass is 961 g/mol. The van der Waals surface area contributed by atoms with Gasteiger partial charge in [-0.2, -0.15) is 0 Å². The molecule has 0 aromatic carbocycles. The summed E-state index contributed by atoms with van der Waals surface area (Å²) in [7, 11) is 0. The lowest BCUT2D eigenvalue weighted by Crippen LogP contribution is -2.32. The molecule has 0 aromatic heterocycles. The average molecular weight is 961 g/mol. The summed E-state index contributed by atoms with van der Waals surface area (Å²) in [5.74, 6) is 56.3. The molecule has 0 radical (unpaired) electrons. The van der Waals surface area contributed by atoms with E-state index in [9.17, 15) is 24.0 Å². The Balaban J connectivity index is -0.000000432. The van der Waals surface area contributed by atoms with E-state index in [1.165, 1.54) is 0 Å². The fourth-order valence-corrected chi connectivity index (χ4v) is 4.65. The maximum atomic E-state index is 11.6. The second kappa shape index (κ2) is 38.9. The second-order valence-electron chi connectivity index (χ2n) is 23.6. The molecule has 0 aliphatic rings. The first-order chi connectivity index (χ1) is 32.5. The first-order valence-electron chi connectivity index (χ1n) is 23.9. The van der Waals surface area contributed by atoms with Crippen LogP contribution in [0.3, 0.4) is 0 Å². The highest BCUT2D eigenvalue weighted by Gasteiger charge is 2.20. The van der Waals surface area contributed by atoms with Crippen molar-refractivity contribution in [2.24, 2.45) is 32.5 Å². The van der Waals surface area contributed by atoms with E-state index < -0.39 is 0 Å². The van der Waals surface area contributed by atoms with Crippen molar-refractivity contribution >= 4 is 29.2 Å². The average Bonchev–Trinajstić information content (AvgIpc) is 3.20. The maximum Gasteiger partial charge on any atom is 0.220 e. The number of nitrogens with one attached hydrogen (secondary N) is 2. The van der Waals surface area contributed by atoms with Gasteiger partial charge in [0, 0.05) is 88.1 Å². The second-order valence-corrected chi connectivity index (χ2v) is 23.6. The molecule has 380 valence electrons. The number of ketones is 3. The Morgan fingerprint density at radius 3 is 0.676 bits per heavy atom. The highest BCUT2D eigenvalue weighted by Crippen LogP contribution is 2.25. The SMILES string of the molecule is CC#CC#CC#CC#CC#CC#CC#CC#CC#CC#CC#CC.CC(C)(C)CCC(=O)CC(C)(C)C.CC(C)(C)CNC(=O)CCC(=O)CC(C)(C)C.CC(C)(C)CNC(=O)CCC(=O)CC(C)(C)C. The number of amides is 2. The van der Waals surface area contributed by atoms with Crippen LogP contribution in [0, 0.1) is 163 Å². The van der Waals surface area contributed by atoms with E-state index in [0.717, 1.165) is 12.8 Å². The molecule has 0 saturated carbocycles. The zero-order valence-electron chi connectivity index (χ0n) is 47.3. The smallest absolute Gasteiger partial charge is 0.220 e. The van der Waals surface area contributed by atoms with Crippen LogP contribution in [-0.2, 0) is 24.0 Å². The highest BCUT2D eigenvalue weighted by molar-refractivity contribution is 5.86. The molecule has 0 aliphatic heterocycles. The minimum atomic E-state index is -0.0258. The zero-order valence-corrected chi connectivity index (χ0v) is 47.3. The molecule has 7 nitrogen and oxygen atoms in total. The first-order valence-corrected chi connectivity index (χ1v) is 23.9. The van der Waals surface area contributed by atoms with Gasteiger partial charge in [-0.15, -0.1) is 0 Å². The van der Waals surface area contributed by atoms with Crippen molar-refractivity contribution in [2.45, 2.75) is 196 Å². The molecular weight excluding hydrogens is 877 g/mol. The number of Topliss-reactive ketones (excluding diaryl/α,β-unsaturated/α-hetero) is 3. The Kier molecular flexibility index (Phi) is 38.7. The molecule has 0 aliphatic carbocycles. The van der Waals surface area contributed by atoms with E-state index in [4.69, 9.17) is 0 Å². The van der Waals surface area contributed by atoms with Crippen molar-refractivity contribution in [1.82, 2.24) is 10.6 Å². The van der Waals surface area contributed by atoms with E-state index in [1.807, 2.05) is 41.5 Å². The summed E-state index contributed by atoms with van der Waals surface area (Å²) in [5, 5.41) is 5.70. The number of rotatable bonds is 13. The minimum absolute atomic E-state index is 0.0129. The predicted molar refractivity (Wildman–Crippen MR) is 296 cm³/mol. The quantitative estimate of drug-likeness (QED) is 0.179. The van der Waals surface area contributed by atoms with Crippen molar-refractivity contribution in [1.29, 1.82) is 0 Å². The molecule has 0 unspecified atom stereocenters. The van der Waals surface area contributed by atoms with Gasteiger partial charge in [-0.3, -0.25) is 24.0 Å². The number of carbonyl (C=O) groups excluding carboxylic acids is 5. The fraction of sp³-hybridized carbons (Fsp3) is 0.578. The van der Waals surface area contributed by atoms with Gasteiger partial charge in [0.05, 0.1) is 0 Å². The van der Waals surface area contributed by atoms with Crippen molar-refractivity contribution in [2.75, 3.05) is 13.1 Å². The summed E-state index contributed by atoms with van der Waals surface area (Å²) in [4.78, 5) is 57.7. The summed E-state index contributed by atoms with van der Waals surface area (Å²) in [6.45, 7) is 42.2. The molecule has 0 atom stereocenters. The molecule has 2 amide bonds. The molecule has 0 heterocycles. The van der Waals surface area contributed by atoms with E-state index in [1.54, 1.807) is 13.8 Å². The van der Waals surface area contributed by atoms with Crippen LogP contribution >= 0.6 is 0 Å². The van der Waals surface area contributed by atoms with Gasteiger partial charge in [-0.25, -0.2) is 0 Å². The van der Waals surface area contributed by atoms with Crippen molar-refractivity contribution in [3.63, 3.8) is 0 Å². The van der Waals surface area contributed by atoms with Gasteiger partial charge in [0.25, 0.3) is 0 Å². The van der Waals surface area contributed by atoms with Gasteiger partial charge in [0.1, 0.15) is 17.3 Å². The summed E-state index contributed by atoms with van der Waals surface area (Å²) in [6.07, 6.45) is 4.86. The molecule has 0 spiro atoms. The van der Waals surface area contributed by atoms with Gasteiger partial charge >= 0.3 is 0 Å². The van der Waals surface area contributed by atoms with E-state index in [2.05, 4.69) is 224 Å². The minimum Gasteiger partial charge on any atom is -0.356 e. The standard InChI is InChI=1S/C24H6.2C14H27NO2.C12H24O/c1-3-5-7-9-11-13-15-17-19-21-23-24-22-20-18-16-14-12-10-8-6-4-2;2*1-13(2,3)9-11(16)7-8-12(17)15-10-14(4,5)6;1-11(2,3)8-7-10(13)9-12(4,5)6/h1-2H3;2*7-10H2,1-6H3,(H,15,17);7-9H2,1-6H3. The number of hydrogen-bond acceptors (Lipinski definition) is 5. The van der Waals surface area contributed by atoms with Gasteiger partial charge in [-0.05, 0) is 147 Å². The van der Waals surface area contributed by atoms with Gasteiger partial charge in [0.15, 0.2) is 0 Å². The normalized spacial score (nSPS) is 9.63. The fourth-order valence-electron chi connectivity index (χ4n) is 4.65.